The van der Waals surface area contributed by atoms with E-state index >= 15 is 0 Å². The fourth-order valence-electron chi connectivity index (χ4n) is 2.73. The number of benzene rings is 1. The maximum Gasteiger partial charge on any atom is 0.234 e. The van der Waals surface area contributed by atoms with Crippen molar-refractivity contribution < 1.29 is 5.11 Å². The number of nitrogens with zero attached hydrogens (tertiary/aromatic N) is 3. The number of rotatable bonds is 5. The van der Waals surface area contributed by atoms with Crippen LogP contribution in [0, 0.1) is 13.8 Å². The Balaban J connectivity index is 1.80. The van der Waals surface area contributed by atoms with E-state index in [4.69, 9.17) is 11.6 Å². The number of hydrogen-bond acceptors (Lipinski definition) is 4. The molecule has 0 aliphatic heterocycles. The van der Waals surface area contributed by atoms with Crippen molar-refractivity contribution >= 4 is 17.4 Å². The maximum atomic E-state index is 9.65. The zero-order valence-corrected chi connectivity index (χ0v) is 13.9. The molecular weight excluding hydrogens is 312 g/mol. The van der Waals surface area contributed by atoms with Gasteiger partial charge in [0.15, 0.2) is 0 Å². The molecule has 0 saturated carbocycles. The van der Waals surface area contributed by atoms with Crippen LogP contribution < -0.4 is 5.32 Å². The van der Waals surface area contributed by atoms with Crippen LogP contribution in [0.2, 0.25) is 5.02 Å². The number of imidazole rings is 1. The number of halogens is 1. The van der Waals surface area contributed by atoms with Crippen molar-refractivity contribution in [1.29, 1.82) is 0 Å². The van der Waals surface area contributed by atoms with Gasteiger partial charge in [0.1, 0.15) is 0 Å². The normalized spacial score (nSPS) is 12.7. The number of aryl methyl sites for hydroxylation is 2. The lowest BCUT2D eigenvalue weighted by Crippen LogP contribution is -2.24. The van der Waals surface area contributed by atoms with Gasteiger partial charge in [-0.05, 0) is 37.6 Å². The molecule has 0 aliphatic carbocycles. The molecule has 0 bridgehead atoms. The molecule has 2 aromatic heterocycles. The number of hydrogen-bond donors (Lipinski definition) is 2. The Labute approximate surface area is 140 Å². The maximum absolute atomic E-state index is 9.65. The van der Waals surface area contributed by atoms with E-state index in [9.17, 15) is 5.11 Å². The monoisotopic (exact) mass is 330 g/mol. The Morgan fingerprint density at radius 2 is 2.00 bits per heavy atom. The average molecular weight is 331 g/mol. The lowest BCUT2D eigenvalue weighted by atomic mass is 10.1. The molecule has 6 heteroatoms. The van der Waals surface area contributed by atoms with E-state index in [2.05, 4.69) is 15.3 Å². The van der Waals surface area contributed by atoms with Crippen molar-refractivity contribution in [3.63, 3.8) is 0 Å². The number of aliphatic hydroxyl groups excluding tert-OH is 1. The van der Waals surface area contributed by atoms with Gasteiger partial charge >= 0.3 is 0 Å². The topological polar surface area (TPSA) is 62.5 Å². The molecule has 23 heavy (non-hydrogen) atoms. The summed E-state index contributed by atoms with van der Waals surface area (Å²) >= 11 is 5.91. The molecule has 3 rings (SSSR count). The molecule has 1 unspecified atom stereocenters. The third kappa shape index (κ3) is 3.37. The van der Waals surface area contributed by atoms with Gasteiger partial charge in [0.2, 0.25) is 5.78 Å². The second-order valence-corrected chi connectivity index (χ2v) is 6.03. The highest BCUT2D eigenvalue weighted by atomic mass is 35.5. The van der Waals surface area contributed by atoms with Crippen molar-refractivity contribution in [3.05, 3.63) is 64.2 Å². The van der Waals surface area contributed by atoms with Gasteiger partial charge in [-0.1, -0.05) is 23.7 Å². The predicted molar refractivity (Wildman–Crippen MR) is 90.6 cm³/mol. The molecule has 0 spiro atoms. The minimum absolute atomic E-state index is 0.00864. The standard InChI is InChI=1S/C17H19ClN4O/c1-11-7-12(2)22-15(9-20-17(22)21-11)8-19-16(10-23)13-3-5-14(18)6-4-13/h3-7,9,16,19,23H,8,10H2,1-2H3. The summed E-state index contributed by atoms with van der Waals surface area (Å²) in [6.45, 7) is 4.59. The highest BCUT2D eigenvalue weighted by Gasteiger charge is 2.12. The molecule has 5 nitrogen and oxygen atoms in total. The molecule has 0 saturated heterocycles. The second-order valence-electron chi connectivity index (χ2n) is 5.59. The van der Waals surface area contributed by atoms with Crippen LogP contribution in [0.1, 0.15) is 28.7 Å². The van der Waals surface area contributed by atoms with Gasteiger partial charge in [-0.2, -0.15) is 0 Å². The summed E-state index contributed by atoms with van der Waals surface area (Å²) < 4.78 is 2.02. The number of fused-ring (bicyclic) bond motifs is 1. The third-order valence-electron chi connectivity index (χ3n) is 3.85. The largest absolute Gasteiger partial charge is 0.394 e. The van der Waals surface area contributed by atoms with Crippen molar-refractivity contribution in [2.24, 2.45) is 0 Å². The summed E-state index contributed by atoms with van der Waals surface area (Å²) in [5, 5.41) is 13.7. The summed E-state index contributed by atoms with van der Waals surface area (Å²) in [6.07, 6.45) is 1.82. The van der Waals surface area contributed by atoms with Crippen molar-refractivity contribution in [2.45, 2.75) is 26.4 Å². The molecule has 1 atom stereocenters. The van der Waals surface area contributed by atoms with Crippen LogP contribution in [0.3, 0.4) is 0 Å². The Morgan fingerprint density at radius 1 is 1.26 bits per heavy atom. The summed E-state index contributed by atoms with van der Waals surface area (Å²) in [7, 11) is 0. The van der Waals surface area contributed by atoms with E-state index in [0.717, 1.165) is 22.6 Å². The van der Waals surface area contributed by atoms with E-state index in [-0.39, 0.29) is 12.6 Å². The third-order valence-corrected chi connectivity index (χ3v) is 4.10. The van der Waals surface area contributed by atoms with Gasteiger partial charge in [-0.15, -0.1) is 0 Å². The van der Waals surface area contributed by atoms with Gasteiger partial charge in [0.25, 0.3) is 0 Å². The SMILES string of the molecule is Cc1cc(C)n2c(CNC(CO)c3ccc(Cl)cc3)cnc2n1. The van der Waals surface area contributed by atoms with Crippen LogP contribution in [0.4, 0.5) is 0 Å². The molecule has 0 amide bonds. The zero-order chi connectivity index (χ0) is 16.4. The smallest absolute Gasteiger partial charge is 0.234 e. The lowest BCUT2D eigenvalue weighted by Gasteiger charge is -2.17. The minimum Gasteiger partial charge on any atom is -0.394 e. The molecule has 0 radical (unpaired) electrons. The van der Waals surface area contributed by atoms with Gasteiger partial charge in [-0.3, -0.25) is 4.40 Å². The zero-order valence-electron chi connectivity index (χ0n) is 13.1. The summed E-state index contributed by atoms with van der Waals surface area (Å²) in [5.41, 5.74) is 4.05. The second kappa shape index (κ2) is 6.66. The van der Waals surface area contributed by atoms with Crippen LogP contribution >= 0.6 is 11.6 Å². The predicted octanol–water partition coefficient (Wildman–Crippen LogP) is 2.82. The van der Waals surface area contributed by atoms with E-state index in [1.54, 1.807) is 0 Å². The fraction of sp³-hybridized carbons (Fsp3) is 0.294. The first kappa shape index (κ1) is 15.9. The molecule has 3 aromatic rings. The highest BCUT2D eigenvalue weighted by Crippen LogP contribution is 2.17. The number of nitrogens with one attached hydrogen (secondary N) is 1. The van der Waals surface area contributed by atoms with Crippen LogP contribution in [-0.4, -0.2) is 26.1 Å². The number of aliphatic hydroxyl groups is 1. The van der Waals surface area contributed by atoms with Gasteiger partial charge in [0, 0.05) is 23.0 Å². The summed E-state index contributed by atoms with van der Waals surface area (Å²) in [5.74, 6) is 0.700. The molecule has 2 N–H and O–H groups in total. The average Bonchev–Trinajstić information content (AvgIpc) is 2.92. The number of aromatic nitrogens is 3. The van der Waals surface area contributed by atoms with Crippen LogP contribution in [-0.2, 0) is 6.54 Å². The fourth-order valence-corrected chi connectivity index (χ4v) is 2.86. The molecule has 0 fully saturated rings. The molecule has 120 valence electrons. The molecular formula is C17H19ClN4O. The minimum atomic E-state index is -0.156. The van der Waals surface area contributed by atoms with E-state index in [0.29, 0.717) is 17.3 Å². The Hall–Kier alpha value is -1.95. The van der Waals surface area contributed by atoms with Crippen molar-refractivity contribution in [1.82, 2.24) is 19.7 Å². The quantitative estimate of drug-likeness (QED) is 0.755. The first-order valence-corrected chi connectivity index (χ1v) is 7.86. The van der Waals surface area contributed by atoms with Gasteiger partial charge in [-0.25, -0.2) is 9.97 Å². The summed E-state index contributed by atoms with van der Waals surface area (Å²) in [6, 6.07) is 9.36. The Bertz CT molecular complexity index is 813. The van der Waals surface area contributed by atoms with Crippen LogP contribution in [0.15, 0.2) is 36.5 Å². The molecule has 0 aliphatic rings. The van der Waals surface area contributed by atoms with Crippen LogP contribution in [0.25, 0.3) is 5.78 Å². The van der Waals surface area contributed by atoms with Gasteiger partial charge < -0.3 is 10.4 Å². The molecule has 2 heterocycles. The van der Waals surface area contributed by atoms with E-state index < -0.39 is 0 Å². The van der Waals surface area contributed by atoms with Gasteiger partial charge in [0.05, 0.1) is 24.5 Å². The van der Waals surface area contributed by atoms with E-state index in [1.807, 2.05) is 54.8 Å². The van der Waals surface area contributed by atoms with Crippen molar-refractivity contribution in [2.75, 3.05) is 6.61 Å². The van der Waals surface area contributed by atoms with E-state index in [1.165, 1.54) is 0 Å². The summed E-state index contributed by atoms with van der Waals surface area (Å²) in [4.78, 5) is 8.79. The Morgan fingerprint density at radius 3 is 2.70 bits per heavy atom. The van der Waals surface area contributed by atoms with Crippen molar-refractivity contribution in [3.8, 4) is 0 Å². The van der Waals surface area contributed by atoms with Crippen LogP contribution in [0.5, 0.6) is 0 Å². The Kier molecular flexibility index (Phi) is 4.61. The lowest BCUT2D eigenvalue weighted by molar-refractivity contribution is 0.243. The molecule has 1 aromatic carbocycles. The first-order valence-electron chi connectivity index (χ1n) is 7.49. The highest BCUT2D eigenvalue weighted by molar-refractivity contribution is 6.30. The first-order chi connectivity index (χ1) is 11.1.